The van der Waals surface area contributed by atoms with Gasteiger partial charge in [0.05, 0.1) is 18.7 Å². The molecule has 0 saturated carbocycles. The summed E-state index contributed by atoms with van der Waals surface area (Å²) in [5.74, 6) is 1.10. The molecule has 2 aromatic carbocycles. The van der Waals surface area contributed by atoms with Crippen LogP contribution < -0.4 is 15.4 Å². The standard InChI is InChI=1S/C31H35N7O3/c1-37-28-8-5-21(14-26(28)35-36-37)17-34-30(39)29-15-22(13-20-3-6-25(41-2)7-4-20)19-38(29)31(40)27-16-24(18-33-27)23-9-11-32-12-10-23/h3-12,14,22,24,27,29,33H,13,15-19H2,1-2H3,(H,34,39)/t22-,24-,27-,29+/m1/s1. The number of nitrogens with zero attached hydrogens (tertiary/aromatic N) is 5. The maximum absolute atomic E-state index is 13.9. The quantitative estimate of drug-likeness (QED) is 0.345. The van der Waals surface area contributed by atoms with Gasteiger partial charge in [0.1, 0.15) is 17.3 Å². The van der Waals surface area contributed by atoms with Gasteiger partial charge >= 0.3 is 0 Å². The van der Waals surface area contributed by atoms with Crippen molar-refractivity contribution in [3.05, 3.63) is 83.7 Å². The third-order valence-corrected chi connectivity index (χ3v) is 8.41. The average Bonchev–Trinajstić information content (AvgIpc) is 3.76. The minimum absolute atomic E-state index is 0.0000773. The molecule has 4 heterocycles. The van der Waals surface area contributed by atoms with E-state index in [0.717, 1.165) is 35.3 Å². The molecule has 2 aliphatic heterocycles. The fraction of sp³-hybridized carbons (Fsp3) is 0.387. The number of aromatic nitrogens is 4. The highest BCUT2D eigenvalue weighted by molar-refractivity contribution is 5.90. The van der Waals surface area contributed by atoms with E-state index < -0.39 is 6.04 Å². The van der Waals surface area contributed by atoms with E-state index in [9.17, 15) is 9.59 Å². The molecule has 212 valence electrons. The first-order valence-corrected chi connectivity index (χ1v) is 14.1. The number of carbonyl (C=O) groups excluding carboxylic acids is 2. The molecule has 6 rings (SSSR count). The number of carbonyl (C=O) groups is 2. The van der Waals surface area contributed by atoms with Gasteiger partial charge < -0.3 is 20.3 Å². The van der Waals surface area contributed by atoms with E-state index in [2.05, 4.69) is 38.1 Å². The third kappa shape index (κ3) is 5.78. The number of likely N-dealkylation sites (tertiary alicyclic amines) is 1. The van der Waals surface area contributed by atoms with Gasteiger partial charge in [-0.3, -0.25) is 14.6 Å². The molecule has 2 amide bonds. The van der Waals surface area contributed by atoms with Gasteiger partial charge in [0.2, 0.25) is 11.8 Å². The highest BCUT2D eigenvalue weighted by Gasteiger charge is 2.43. The van der Waals surface area contributed by atoms with Gasteiger partial charge in [-0.2, -0.15) is 0 Å². The molecule has 2 saturated heterocycles. The van der Waals surface area contributed by atoms with Crippen molar-refractivity contribution in [2.75, 3.05) is 20.2 Å². The van der Waals surface area contributed by atoms with E-state index in [1.165, 1.54) is 11.1 Å². The summed E-state index contributed by atoms with van der Waals surface area (Å²) < 4.78 is 7.02. The Morgan fingerprint density at radius 2 is 1.83 bits per heavy atom. The van der Waals surface area contributed by atoms with Crippen molar-refractivity contribution < 1.29 is 14.3 Å². The highest BCUT2D eigenvalue weighted by atomic mass is 16.5. The van der Waals surface area contributed by atoms with Gasteiger partial charge in [0.15, 0.2) is 0 Å². The van der Waals surface area contributed by atoms with Crippen LogP contribution in [0.2, 0.25) is 0 Å². The maximum atomic E-state index is 13.9. The van der Waals surface area contributed by atoms with E-state index in [1.807, 2.05) is 54.4 Å². The summed E-state index contributed by atoms with van der Waals surface area (Å²) in [6, 6.07) is 17.1. The van der Waals surface area contributed by atoms with Crippen molar-refractivity contribution in [3.8, 4) is 5.75 Å². The SMILES string of the molecule is COc1ccc(C[C@@H]2C[C@@H](C(=O)NCc3ccc4c(c3)nnn4C)N(C(=O)[C@H]3C[C@@H](c4ccncc4)CN3)C2)cc1. The second kappa shape index (κ2) is 11.7. The molecule has 2 aliphatic rings. The van der Waals surface area contributed by atoms with Crippen LogP contribution in [-0.2, 0) is 29.6 Å². The first-order chi connectivity index (χ1) is 20.0. The number of aryl methyl sites for hydroxylation is 1. The summed E-state index contributed by atoms with van der Waals surface area (Å²) in [4.78, 5) is 33.4. The van der Waals surface area contributed by atoms with Gasteiger partial charge in [-0.1, -0.05) is 23.4 Å². The number of pyridine rings is 1. The van der Waals surface area contributed by atoms with Crippen LogP contribution in [0.3, 0.4) is 0 Å². The molecule has 0 unspecified atom stereocenters. The topological polar surface area (TPSA) is 114 Å². The average molecular weight is 554 g/mol. The Morgan fingerprint density at radius 1 is 1.05 bits per heavy atom. The molecular weight excluding hydrogens is 518 g/mol. The van der Waals surface area contributed by atoms with Crippen molar-refractivity contribution in [2.45, 2.75) is 43.8 Å². The lowest BCUT2D eigenvalue weighted by Gasteiger charge is -2.27. The summed E-state index contributed by atoms with van der Waals surface area (Å²) in [5, 5.41) is 14.8. The van der Waals surface area contributed by atoms with E-state index in [1.54, 1.807) is 24.2 Å². The second-order valence-electron chi connectivity index (χ2n) is 11.1. The monoisotopic (exact) mass is 553 g/mol. The van der Waals surface area contributed by atoms with Gasteiger partial charge in [-0.25, -0.2) is 4.68 Å². The van der Waals surface area contributed by atoms with Gasteiger partial charge in [-0.15, -0.1) is 5.10 Å². The Morgan fingerprint density at radius 3 is 2.61 bits per heavy atom. The molecule has 4 aromatic rings. The van der Waals surface area contributed by atoms with E-state index in [4.69, 9.17) is 4.74 Å². The lowest BCUT2D eigenvalue weighted by atomic mass is 9.96. The number of amides is 2. The Labute approximate surface area is 239 Å². The first-order valence-electron chi connectivity index (χ1n) is 14.1. The number of hydrogen-bond acceptors (Lipinski definition) is 7. The molecule has 41 heavy (non-hydrogen) atoms. The number of benzene rings is 2. The molecule has 0 spiro atoms. The second-order valence-corrected chi connectivity index (χ2v) is 11.1. The zero-order valence-electron chi connectivity index (χ0n) is 23.4. The molecule has 0 bridgehead atoms. The molecule has 2 N–H and O–H groups in total. The number of methoxy groups -OCH3 is 1. The van der Waals surface area contributed by atoms with E-state index in [0.29, 0.717) is 25.9 Å². The minimum atomic E-state index is -0.521. The van der Waals surface area contributed by atoms with Crippen LogP contribution >= 0.6 is 0 Å². The van der Waals surface area contributed by atoms with Crippen molar-refractivity contribution in [2.24, 2.45) is 13.0 Å². The molecule has 2 fully saturated rings. The normalized spacial score (nSPS) is 22.2. The van der Waals surface area contributed by atoms with Crippen LogP contribution in [0, 0.1) is 5.92 Å². The zero-order valence-corrected chi connectivity index (χ0v) is 23.4. The Hall–Kier alpha value is -4.31. The first kappa shape index (κ1) is 26.9. The summed E-state index contributed by atoms with van der Waals surface area (Å²) in [7, 11) is 3.50. The van der Waals surface area contributed by atoms with Crippen LogP contribution in [0.25, 0.3) is 11.0 Å². The van der Waals surface area contributed by atoms with Crippen LogP contribution in [0.4, 0.5) is 0 Å². The van der Waals surface area contributed by atoms with Gasteiger partial charge in [0.25, 0.3) is 0 Å². The largest absolute Gasteiger partial charge is 0.497 e. The molecular formula is C31H35N7O3. The number of hydrogen-bond donors (Lipinski definition) is 2. The summed E-state index contributed by atoms with van der Waals surface area (Å²) in [5.41, 5.74) is 5.00. The maximum Gasteiger partial charge on any atom is 0.243 e. The highest BCUT2D eigenvalue weighted by Crippen LogP contribution is 2.31. The van der Waals surface area contributed by atoms with Crippen molar-refractivity contribution in [1.82, 2.24) is 35.5 Å². The molecule has 0 radical (unpaired) electrons. The molecule has 10 heteroatoms. The van der Waals surface area contributed by atoms with Crippen LogP contribution in [0.1, 0.15) is 35.4 Å². The van der Waals surface area contributed by atoms with Crippen LogP contribution in [0.5, 0.6) is 5.75 Å². The number of nitrogens with one attached hydrogen (secondary N) is 2. The Balaban J connectivity index is 1.16. The Bertz CT molecular complexity index is 1520. The number of fused-ring (bicyclic) bond motifs is 1. The molecule has 2 aromatic heterocycles. The molecule has 10 nitrogen and oxygen atoms in total. The summed E-state index contributed by atoms with van der Waals surface area (Å²) in [6.45, 7) is 1.64. The van der Waals surface area contributed by atoms with E-state index in [-0.39, 0.29) is 29.7 Å². The van der Waals surface area contributed by atoms with Crippen molar-refractivity contribution in [1.29, 1.82) is 0 Å². The molecule has 0 aliphatic carbocycles. The zero-order chi connectivity index (χ0) is 28.3. The smallest absolute Gasteiger partial charge is 0.243 e. The van der Waals surface area contributed by atoms with Crippen molar-refractivity contribution in [3.63, 3.8) is 0 Å². The third-order valence-electron chi connectivity index (χ3n) is 8.41. The lowest BCUT2D eigenvalue weighted by Crippen LogP contribution is -2.51. The predicted molar refractivity (Wildman–Crippen MR) is 154 cm³/mol. The van der Waals surface area contributed by atoms with E-state index >= 15 is 0 Å². The fourth-order valence-corrected chi connectivity index (χ4v) is 6.17. The van der Waals surface area contributed by atoms with Crippen molar-refractivity contribution >= 4 is 22.8 Å². The Kier molecular flexibility index (Phi) is 7.65. The number of ether oxygens (including phenoxy) is 1. The fourth-order valence-electron chi connectivity index (χ4n) is 6.17. The van der Waals surface area contributed by atoms with Crippen LogP contribution in [0.15, 0.2) is 67.0 Å². The minimum Gasteiger partial charge on any atom is -0.497 e. The molecule has 4 atom stereocenters. The van der Waals surface area contributed by atoms with Gasteiger partial charge in [0, 0.05) is 39.1 Å². The lowest BCUT2D eigenvalue weighted by molar-refractivity contribution is -0.139. The number of rotatable bonds is 8. The summed E-state index contributed by atoms with van der Waals surface area (Å²) in [6.07, 6.45) is 5.69. The van der Waals surface area contributed by atoms with Crippen LogP contribution in [-0.4, -0.2) is 69.0 Å². The predicted octanol–water partition coefficient (Wildman–Crippen LogP) is 2.59. The van der Waals surface area contributed by atoms with Gasteiger partial charge in [-0.05, 0) is 84.2 Å². The summed E-state index contributed by atoms with van der Waals surface area (Å²) >= 11 is 0.